The summed E-state index contributed by atoms with van der Waals surface area (Å²) in [6.07, 6.45) is 3.47. The van der Waals surface area contributed by atoms with Crippen molar-refractivity contribution >= 4 is 15.9 Å². The molecule has 1 aromatic heterocycles. The molecule has 1 N–H and O–H groups in total. The monoisotopic (exact) mass is 272 g/mol. The molecule has 0 bridgehead atoms. The normalized spacial score (nSPS) is 20.7. The Labute approximate surface area is 98.6 Å². The van der Waals surface area contributed by atoms with Crippen LogP contribution in [0.3, 0.4) is 0 Å². The molecule has 1 aliphatic heterocycles. The summed E-state index contributed by atoms with van der Waals surface area (Å²) in [5, 5.41) is 9.97. The molecule has 0 radical (unpaired) electrons. The van der Waals surface area contributed by atoms with Crippen molar-refractivity contribution in [3.63, 3.8) is 0 Å². The topological polar surface area (TPSA) is 38.0 Å². The number of halogens is 1. The van der Waals surface area contributed by atoms with Gasteiger partial charge in [-0.15, -0.1) is 0 Å². The quantitative estimate of drug-likeness (QED) is 0.899. The Morgan fingerprint density at radius 2 is 2.33 bits per heavy atom. The molecule has 0 fully saturated rings. The van der Waals surface area contributed by atoms with Crippen molar-refractivity contribution in [3.8, 4) is 0 Å². The van der Waals surface area contributed by atoms with E-state index < -0.39 is 0 Å². The third-order valence-corrected chi connectivity index (χ3v) is 3.43. The number of aromatic nitrogens is 2. The number of nitrogens with zero attached hydrogens (tertiary/aromatic N) is 2. The van der Waals surface area contributed by atoms with Crippen LogP contribution in [0.5, 0.6) is 0 Å². The molecular formula is C11H17BrN2O. The Balaban J connectivity index is 2.39. The van der Waals surface area contributed by atoms with Crippen LogP contribution in [0.2, 0.25) is 0 Å². The summed E-state index contributed by atoms with van der Waals surface area (Å²) in [5.74, 6) is 1.58. The largest absolute Gasteiger partial charge is 0.373 e. The molecule has 2 rings (SSSR count). The van der Waals surface area contributed by atoms with Crippen molar-refractivity contribution in [1.82, 2.24) is 9.55 Å². The van der Waals surface area contributed by atoms with Gasteiger partial charge in [0.2, 0.25) is 0 Å². The maximum atomic E-state index is 9.97. The van der Waals surface area contributed by atoms with Gasteiger partial charge < -0.3 is 9.67 Å². The maximum absolute atomic E-state index is 9.97. The first kappa shape index (κ1) is 11.1. The van der Waals surface area contributed by atoms with Gasteiger partial charge in [0.1, 0.15) is 16.7 Å². The zero-order chi connectivity index (χ0) is 11.0. The lowest BCUT2D eigenvalue weighted by Crippen LogP contribution is -2.20. The highest BCUT2D eigenvalue weighted by Gasteiger charge is 2.24. The summed E-state index contributed by atoms with van der Waals surface area (Å²) >= 11 is 3.48. The van der Waals surface area contributed by atoms with Gasteiger partial charge >= 0.3 is 0 Å². The average molecular weight is 273 g/mol. The SMILES string of the molecule is CC(C)Cc1nc(Br)c2n1C(O)CCC2. The first-order valence-corrected chi connectivity index (χ1v) is 6.32. The molecule has 0 aliphatic carbocycles. The minimum Gasteiger partial charge on any atom is -0.373 e. The molecule has 0 saturated heterocycles. The molecule has 4 heteroatoms. The van der Waals surface area contributed by atoms with Gasteiger partial charge in [-0.1, -0.05) is 13.8 Å². The fraction of sp³-hybridized carbons (Fsp3) is 0.727. The lowest BCUT2D eigenvalue weighted by atomic mass is 10.1. The summed E-state index contributed by atoms with van der Waals surface area (Å²) < 4.78 is 2.92. The lowest BCUT2D eigenvalue weighted by molar-refractivity contribution is 0.0752. The second-order valence-corrected chi connectivity index (χ2v) is 5.36. The number of rotatable bonds is 2. The second kappa shape index (κ2) is 4.26. The fourth-order valence-corrected chi connectivity index (χ4v) is 2.75. The van der Waals surface area contributed by atoms with Crippen molar-refractivity contribution in [1.29, 1.82) is 0 Å². The summed E-state index contributed by atoms with van der Waals surface area (Å²) in [5.41, 5.74) is 1.16. The van der Waals surface area contributed by atoms with E-state index in [4.69, 9.17) is 0 Å². The molecule has 84 valence electrons. The van der Waals surface area contributed by atoms with Gasteiger partial charge in [-0.2, -0.15) is 0 Å². The van der Waals surface area contributed by atoms with Gasteiger partial charge in [-0.25, -0.2) is 4.98 Å². The first-order valence-electron chi connectivity index (χ1n) is 5.53. The molecule has 3 nitrogen and oxygen atoms in total. The van der Waals surface area contributed by atoms with E-state index in [1.165, 1.54) is 0 Å². The van der Waals surface area contributed by atoms with Crippen LogP contribution in [0.25, 0.3) is 0 Å². The summed E-state index contributed by atoms with van der Waals surface area (Å²) in [6, 6.07) is 0. The Bertz CT molecular complexity index is 360. The fourth-order valence-electron chi connectivity index (χ4n) is 2.15. The van der Waals surface area contributed by atoms with Crippen LogP contribution in [-0.2, 0) is 12.8 Å². The minimum absolute atomic E-state index is 0.374. The zero-order valence-electron chi connectivity index (χ0n) is 9.20. The molecule has 1 unspecified atom stereocenters. The summed E-state index contributed by atoms with van der Waals surface area (Å²) in [7, 11) is 0. The predicted molar refractivity (Wildman–Crippen MR) is 62.7 cm³/mol. The van der Waals surface area contributed by atoms with Crippen LogP contribution < -0.4 is 0 Å². The molecule has 1 aliphatic rings. The highest BCUT2D eigenvalue weighted by Crippen LogP contribution is 2.30. The van der Waals surface area contributed by atoms with Crippen molar-refractivity contribution in [2.24, 2.45) is 5.92 Å². The third-order valence-electron chi connectivity index (χ3n) is 2.80. The highest BCUT2D eigenvalue weighted by atomic mass is 79.9. The Morgan fingerprint density at radius 3 is 3.00 bits per heavy atom. The molecule has 1 aromatic rings. The van der Waals surface area contributed by atoms with E-state index >= 15 is 0 Å². The molecule has 0 spiro atoms. The average Bonchev–Trinajstić information content (AvgIpc) is 2.44. The summed E-state index contributed by atoms with van der Waals surface area (Å²) in [6.45, 7) is 4.34. The van der Waals surface area contributed by atoms with E-state index in [-0.39, 0.29) is 6.23 Å². The minimum atomic E-state index is -0.374. The molecule has 2 heterocycles. The first-order chi connectivity index (χ1) is 7.09. The van der Waals surface area contributed by atoms with E-state index in [1.54, 1.807) is 0 Å². The van der Waals surface area contributed by atoms with Crippen LogP contribution >= 0.6 is 15.9 Å². The van der Waals surface area contributed by atoms with E-state index in [1.807, 2.05) is 4.57 Å². The van der Waals surface area contributed by atoms with E-state index in [9.17, 15) is 5.11 Å². The van der Waals surface area contributed by atoms with Crippen molar-refractivity contribution in [3.05, 3.63) is 16.1 Å². The predicted octanol–water partition coefficient (Wildman–Crippen LogP) is 2.67. The molecule has 0 aromatic carbocycles. The zero-order valence-corrected chi connectivity index (χ0v) is 10.8. The number of aliphatic hydroxyl groups is 1. The highest BCUT2D eigenvalue weighted by molar-refractivity contribution is 9.10. The van der Waals surface area contributed by atoms with Gasteiger partial charge in [-0.05, 0) is 41.1 Å². The standard InChI is InChI=1S/C11H17BrN2O/c1-7(2)6-9-13-11(12)8-4-3-5-10(15)14(8)9/h7,10,15H,3-6H2,1-2H3. The third kappa shape index (κ3) is 2.11. The number of hydrogen-bond donors (Lipinski definition) is 1. The van der Waals surface area contributed by atoms with E-state index in [0.29, 0.717) is 5.92 Å². The Morgan fingerprint density at radius 1 is 1.60 bits per heavy atom. The molecule has 15 heavy (non-hydrogen) atoms. The second-order valence-electron chi connectivity index (χ2n) is 4.61. The van der Waals surface area contributed by atoms with Crippen molar-refractivity contribution in [2.45, 2.75) is 45.8 Å². The number of aliphatic hydroxyl groups excluding tert-OH is 1. The van der Waals surface area contributed by atoms with Crippen LogP contribution in [0.1, 0.15) is 44.4 Å². The summed E-state index contributed by atoms with van der Waals surface area (Å²) in [4.78, 5) is 4.50. The molecule has 0 amide bonds. The Kier molecular flexibility index (Phi) is 3.16. The number of hydrogen-bond acceptors (Lipinski definition) is 2. The van der Waals surface area contributed by atoms with Crippen LogP contribution in [0.15, 0.2) is 4.60 Å². The van der Waals surface area contributed by atoms with E-state index in [2.05, 4.69) is 34.8 Å². The van der Waals surface area contributed by atoms with Gasteiger partial charge in [0.25, 0.3) is 0 Å². The van der Waals surface area contributed by atoms with Gasteiger partial charge in [-0.3, -0.25) is 0 Å². The van der Waals surface area contributed by atoms with Gasteiger partial charge in [0, 0.05) is 6.42 Å². The van der Waals surface area contributed by atoms with Gasteiger partial charge in [0.15, 0.2) is 0 Å². The smallest absolute Gasteiger partial charge is 0.132 e. The van der Waals surface area contributed by atoms with Crippen molar-refractivity contribution < 1.29 is 5.11 Å². The van der Waals surface area contributed by atoms with Crippen molar-refractivity contribution in [2.75, 3.05) is 0 Å². The van der Waals surface area contributed by atoms with Crippen LogP contribution in [0.4, 0.5) is 0 Å². The lowest BCUT2D eigenvalue weighted by Gasteiger charge is -2.23. The molecule has 0 saturated carbocycles. The van der Waals surface area contributed by atoms with E-state index in [0.717, 1.165) is 41.8 Å². The van der Waals surface area contributed by atoms with Crippen LogP contribution in [0, 0.1) is 5.92 Å². The van der Waals surface area contributed by atoms with Crippen LogP contribution in [-0.4, -0.2) is 14.7 Å². The Hall–Kier alpha value is -0.350. The molecular weight excluding hydrogens is 256 g/mol. The number of fused-ring (bicyclic) bond motifs is 1. The van der Waals surface area contributed by atoms with Gasteiger partial charge in [0.05, 0.1) is 5.69 Å². The molecule has 1 atom stereocenters. The maximum Gasteiger partial charge on any atom is 0.132 e. The number of imidazole rings is 1.